The third-order valence-corrected chi connectivity index (χ3v) is 2.50. The zero-order valence-electron chi connectivity index (χ0n) is 13.8. The summed E-state index contributed by atoms with van der Waals surface area (Å²) in [4.78, 5) is 29.3. The summed E-state index contributed by atoms with van der Waals surface area (Å²) in [6, 6.07) is 9.12. The summed E-state index contributed by atoms with van der Waals surface area (Å²) >= 11 is 0. The van der Waals surface area contributed by atoms with Crippen LogP contribution in [0.3, 0.4) is 0 Å². The number of carbonyl (C=O) groups is 2. The molecule has 0 saturated carbocycles. The van der Waals surface area contributed by atoms with Crippen LogP contribution in [-0.2, 0) is 20.9 Å². The monoisotopic (exact) mass is 324 g/mol. The van der Waals surface area contributed by atoms with Gasteiger partial charge in [-0.15, -0.1) is 0 Å². The molecule has 2 N–H and O–H groups in total. The van der Waals surface area contributed by atoms with Crippen molar-refractivity contribution in [3.63, 3.8) is 0 Å². The van der Waals surface area contributed by atoms with Crippen LogP contribution in [-0.4, -0.2) is 36.0 Å². The van der Waals surface area contributed by atoms with Crippen molar-refractivity contribution in [1.82, 2.24) is 5.06 Å². The molecule has 23 heavy (non-hydrogen) atoms. The summed E-state index contributed by atoms with van der Waals surface area (Å²) in [6.07, 6.45) is -1.36. The Morgan fingerprint density at radius 2 is 1.78 bits per heavy atom. The second-order valence-corrected chi connectivity index (χ2v) is 5.79. The molecule has 7 heteroatoms. The number of hydrogen-bond acceptors (Lipinski definition) is 6. The van der Waals surface area contributed by atoms with Crippen molar-refractivity contribution >= 4 is 12.2 Å². The van der Waals surface area contributed by atoms with E-state index in [-0.39, 0.29) is 13.2 Å². The Labute approximate surface area is 136 Å². The van der Waals surface area contributed by atoms with Gasteiger partial charge >= 0.3 is 12.2 Å². The zero-order valence-corrected chi connectivity index (χ0v) is 13.8. The highest BCUT2D eigenvalue weighted by molar-refractivity contribution is 5.86. The Morgan fingerprint density at radius 3 is 2.35 bits per heavy atom. The lowest BCUT2D eigenvalue weighted by atomic mass is 10.2. The molecule has 1 aromatic rings. The molecule has 0 bridgehead atoms. The van der Waals surface area contributed by atoms with Crippen LogP contribution in [0.2, 0.25) is 0 Å². The minimum absolute atomic E-state index is 0.0270. The minimum Gasteiger partial charge on any atom is -0.443 e. The molecule has 2 amide bonds. The van der Waals surface area contributed by atoms with Crippen LogP contribution in [0.5, 0.6) is 0 Å². The molecule has 0 fully saturated rings. The van der Waals surface area contributed by atoms with Crippen LogP contribution < -0.4 is 5.73 Å². The van der Waals surface area contributed by atoms with Gasteiger partial charge in [-0.3, -0.25) is 4.84 Å². The lowest BCUT2D eigenvalue weighted by Gasteiger charge is -2.24. The van der Waals surface area contributed by atoms with Crippen LogP contribution >= 0.6 is 0 Å². The quantitative estimate of drug-likeness (QED) is 0.639. The van der Waals surface area contributed by atoms with Gasteiger partial charge in [-0.05, 0) is 39.3 Å². The normalized spacial score (nSPS) is 11.0. The first kappa shape index (κ1) is 18.9. The maximum atomic E-state index is 12.1. The average Bonchev–Trinajstić information content (AvgIpc) is 2.48. The fourth-order valence-electron chi connectivity index (χ4n) is 1.50. The van der Waals surface area contributed by atoms with E-state index in [0.29, 0.717) is 18.0 Å². The van der Waals surface area contributed by atoms with Gasteiger partial charge in [0, 0.05) is 0 Å². The van der Waals surface area contributed by atoms with E-state index in [1.807, 2.05) is 18.2 Å². The van der Waals surface area contributed by atoms with Crippen molar-refractivity contribution in [2.24, 2.45) is 5.73 Å². The number of ether oxygens (including phenoxy) is 2. The van der Waals surface area contributed by atoms with Gasteiger partial charge in [-0.25, -0.2) is 9.59 Å². The highest BCUT2D eigenvalue weighted by Crippen LogP contribution is 2.12. The van der Waals surface area contributed by atoms with Gasteiger partial charge in [0.2, 0.25) is 0 Å². The van der Waals surface area contributed by atoms with Gasteiger partial charge < -0.3 is 15.2 Å². The highest BCUT2D eigenvalue weighted by Gasteiger charge is 2.29. The number of rotatable bonds is 6. The van der Waals surface area contributed by atoms with Crippen molar-refractivity contribution in [1.29, 1.82) is 0 Å². The van der Waals surface area contributed by atoms with Crippen molar-refractivity contribution < 1.29 is 23.9 Å². The molecule has 0 aliphatic carbocycles. The zero-order chi connectivity index (χ0) is 17.3. The van der Waals surface area contributed by atoms with Crippen LogP contribution in [0.15, 0.2) is 30.3 Å². The van der Waals surface area contributed by atoms with E-state index >= 15 is 0 Å². The molecule has 1 rings (SSSR count). The van der Waals surface area contributed by atoms with Gasteiger partial charge in [-0.1, -0.05) is 35.4 Å². The molecule has 0 unspecified atom stereocenters. The molecule has 0 spiro atoms. The van der Waals surface area contributed by atoms with Gasteiger partial charge in [0.25, 0.3) is 0 Å². The fraction of sp³-hybridized carbons (Fsp3) is 0.500. The summed E-state index contributed by atoms with van der Waals surface area (Å²) in [5.41, 5.74) is 5.41. The number of hydroxylamine groups is 2. The number of carbonyl (C=O) groups excluding carboxylic acids is 2. The second-order valence-electron chi connectivity index (χ2n) is 5.79. The summed E-state index contributed by atoms with van der Waals surface area (Å²) in [7, 11) is 0. The Morgan fingerprint density at radius 1 is 1.13 bits per heavy atom. The van der Waals surface area contributed by atoms with Crippen molar-refractivity contribution in [3.05, 3.63) is 35.9 Å². The number of benzene rings is 1. The average molecular weight is 324 g/mol. The van der Waals surface area contributed by atoms with E-state index < -0.39 is 17.8 Å². The van der Waals surface area contributed by atoms with Gasteiger partial charge in [0.15, 0.2) is 0 Å². The number of nitrogens with two attached hydrogens (primary N) is 1. The molecule has 0 saturated heterocycles. The predicted molar refractivity (Wildman–Crippen MR) is 84.3 cm³/mol. The Hall–Kier alpha value is -2.12. The van der Waals surface area contributed by atoms with Gasteiger partial charge in [-0.2, -0.15) is 0 Å². The van der Waals surface area contributed by atoms with E-state index in [1.54, 1.807) is 32.9 Å². The molecule has 0 heterocycles. The molecule has 0 aromatic heterocycles. The SMILES string of the molecule is CC(C)(C)OC(=O)N(OCCCN)C(=O)OCc1ccccc1. The summed E-state index contributed by atoms with van der Waals surface area (Å²) in [5.74, 6) is 0. The van der Waals surface area contributed by atoms with Crippen LogP contribution in [0.25, 0.3) is 0 Å². The Balaban J connectivity index is 2.65. The Kier molecular flexibility index (Phi) is 7.50. The first-order valence-electron chi connectivity index (χ1n) is 7.40. The van der Waals surface area contributed by atoms with Crippen molar-refractivity contribution in [3.8, 4) is 0 Å². The maximum absolute atomic E-state index is 12.1. The molecule has 0 atom stereocenters. The lowest BCUT2D eigenvalue weighted by Crippen LogP contribution is -2.41. The van der Waals surface area contributed by atoms with Gasteiger partial charge in [0.1, 0.15) is 12.2 Å². The van der Waals surface area contributed by atoms with Crippen molar-refractivity contribution in [2.45, 2.75) is 39.4 Å². The minimum atomic E-state index is -0.930. The molecule has 7 nitrogen and oxygen atoms in total. The van der Waals surface area contributed by atoms with Gasteiger partial charge in [0.05, 0.1) is 6.61 Å². The Bertz CT molecular complexity index is 499. The first-order valence-corrected chi connectivity index (χ1v) is 7.40. The highest BCUT2D eigenvalue weighted by atomic mass is 16.8. The summed E-state index contributed by atoms with van der Waals surface area (Å²) in [6.45, 7) is 5.59. The number of hydrogen-bond donors (Lipinski definition) is 1. The van der Waals surface area contributed by atoms with E-state index in [0.717, 1.165) is 5.56 Å². The standard InChI is InChI=1S/C16H24N2O5/c1-16(2,3)23-15(20)18(22-11-7-10-17)14(19)21-12-13-8-5-4-6-9-13/h4-6,8-9H,7,10-12,17H2,1-3H3. The van der Waals surface area contributed by atoms with Crippen molar-refractivity contribution in [2.75, 3.05) is 13.2 Å². The lowest BCUT2D eigenvalue weighted by molar-refractivity contribution is -0.130. The summed E-state index contributed by atoms with van der Waals surface area (Å²) in [5, 5.41) is 0.490. The van der Waals surface area contributed by atoms with E-state index in [1.165, 1.54) is 0 Å². The smallest absolute Gasteiger partial charge is 0.443 e. The van der Waals surface area contributed by atoms with Crippen LogP contribution in [0, 0.1) is 0 Å². The van der Waals surface area contributed by atoms with Crippen LogP contribution in [0.1, 0.15) is 32.8 Å². The largest absolute Gasteiger partial charge is 0.444 e. The number of imide groups is 1. The predicted octanol–water partition coefficient (Wildman–Crippen LogP) is 2.84. The number of amides is 2. The first-order chi connectivity index (χ1) is 10.8. The molecule has 0 aliphatic rings. The maximum Gasteiger partial charge on any atom is 0.444 e. The summed E-state index contributed by atoms with van der Waals surface area (Å²) < 4.78 is 10.2. The third-order valence-electron chi connectivity index (χ3n) is 2.50. The fourth-order valence-corrected chi connectivity index (χ4v) is 1.50. The molecular formula is C16H24N2O5. The van der Waals surface area contributed by atoms with Crippen LogP contribution in [0.4, 0.5) is 9.59 Å². The topological polar surface area (TPSA) is 91.1 Å². The number of nitrogens with zero attached hydrogens (tertiary/aromatic N) is 1. The molecule has 0 radical (unpaired) electrons. The third kappa shape index (κ3) is 7.62. The molecular weight excluding hydrogens is 300 g/mol. The van der Waals surface area contributed by atoms with E-state index in [9.17, 15) is 9.59 Å². The molecule has 128 valence electrons. The van der Waals surface area contributed by atoms with E-state index in [4.69, 9.17) is 20.0 Å². The molecule has 0 aliphatic heterocycles. The van der Waals surface area contributed by atoms with E-state index in [2.05, 4.69) is 0 Å². The second kappa shape index (κ2) is 9.12. The molecule has 1 aromatic carbocycles.